The third-order valence-electron chi connectivity index (χ3n) is 3.55. The molecule has 1 N–H and O–H groups in total. The van der Waals surface area contributed by atoms with Crippen LogP contribution in [0.15, 0.2) is 12.1 Å². The van der Waals surface area contributed by atoms with Crippen molar-refractivity contribution >= 4 is 5.91 Å². The fourth-order valence-electron chi connectivity index (χ4n) is 2.68. The lowest BCUT2D eigenvalue weighted by atomic mass is 10.1. The van der Waals surface area contributed by atoms with Gasteiger partial charge in [0, 0.05) is 31.2 Å². The van der Waals surface area contributed by atoms with Crippen LogP contribution in [-0.2, 0) is 0 Å². The van der Waals surface area contributed by atoms with Gasteiger partial charge < -0.3 is 19.7 Å². The number of ether oxygens (including phenoxy) is 2. The SMILES string of the molecule is COc1cc(F)c(C(=O)N2CC(C)NC(C)C2)cc1OC. The Kier molecular flexibility index (Phi) is 4.67. The Balaban J connectivity index is 2.30. The van der Waals surface area contributed by atoms with E-state index >= 15 is 0 Å². The van der Waals surface area contributed by atoms with E-state index in [4.69, 9.17) is 9.47 Å². The molecule has 1 aliphatic heterocycles. The van der Waals surface area contributed by atoms with Gasteiger partial charge in [-0.2, -0.15) is 0 Å². The molecule has 0 bridgehead atoms. The smallest absolute Gasteiger partial charge is 0.257 e. The number of halogens is 1. The molecule has 0 aliphatic carbocycles. The first-order valence-corrected chi connectivity index (χ1v) is 6.93. The average molecular weight is 296 g/mol. The fraction of sp³-hybridized carbons (Fsp3) is 0.533. The maximum absolute atomic E-state index is 14.2. The molecule has 0 spiro atoms. The first-order chi connectivity index (χ1) is 9.96. The van der Waals surface area contributed by atoms with Gasteiger partial charge in [-0.1, -0.05) is 0 Å². The van der Waals surface area contributed by atoms with E-state index in [1.807, 2.05) is 13.8 Å². The van der Waals surface area contributed by atoms with Crippen molar-refractivity contribution in [3.63, 3.8) is 0 Å². The molecule has 116 valence electrons. The van der Waals surface area contributed by atoms with Gasteiger partial charge >= 0.3 is 0 Å². The third-order valence-corrected chi connectivity index (χ3v) is 3.55. The van der Waals surface area contributed by atoms with E-state index in [-0.39, 0.29) is 29.3 Å². The number of carbonyl (C=O) groups is 1. The summed E-state index contributed by atoms with van der Waals surface area (Å²) in [6.45, 7) is 5.11. The molecule has 1 aromatic rings. The molecule has 2 rings (SSSR count). The summed E-state index contributed by atoms with van der Waals surface area (Å²) in [6, 6.07) is 2.94. The van der Waals surface area contributed by atoms with Gasteiger partial charge in [0.05, 0.1) is 19.8 Å². The normalized spacial score (nSPS) is 22.0. The minimum Gasteiger partial charge on any atom is -0.493 e. The number of hydrogen-bond donors (Lipinski definition) is 1. The Morgan fingerprint density at radius 2 is 1.71 bits per heavy atom. The van der Waals surface area contributed by atoms with Gasteiger partial charge in [-0.05, 0) is 19.9 Å². The van der Waals surface area contributed by atoms with Gasteiger partial charge in [-0.15, -0.1) is 0 Å². The van der Waals surface area contributed by atoms with Crippen LogP contribution in [0, 0.1) is 5.82 Å². The van der Waals surface area contributed by atoms with Gasteiger partial charge in [-0.3, -0.25) is 4.79 Å². The zero-order chi connectivity index (χ0) is 15.6. The van der Waals surface area contributed by atoms with Crippen LogP contribution in [0.25, 0.3) is 0 Å². The van der Waals surface area contributed by atoms with Gasteiger partial charge in [0.1, 0.15) is 5.82 Å². The zero-order valence-corrected chi connectivity index (χ0v) is 12.8. The predicted molar refractivity (Wildman–Crippen MR) is 77.5 cm³/mol. The maximum Gasteiger partial charge on any atom is 0.257 e. The summed E-state index contributed by atoms with van der Waals surface area (Å²) < 4.78 is 24.3. The molecule has 1 fully saturated rings. The quantitative estimate of drug-likeness (QED) is 0.922. The molecule has 5 nitrogen and oxygen atoms in total. The van der Waals surface area contributed by atoms with E-state index in [1.165, 1.54) is 26.4 Å². The monoisotopic (exact) mass is 296 g/mol. The molecule has 0 saturated carbocycles. The number of nitrogens with zero attached hydrogens (tertiary/aromatic N) is 1. The topological polar surface area (TPSA) is 50.8 Å². The van der Waals surface area contributed by atoms with E-state index in [1.54, 1.807) is 4.90 Å². The van der Waals surface area contributed by atoms with Gasteiger partial charge in [0.15, 0.2) is 11.5 Å². The Bertz CT molecular complexity index is 526. The molecule has 1 saturated heterocycles. The largest absolute Gasteiger partial charge is 0.493 e. The first kappa shape index (κ1) is 15.6. The van der Waals surface area contributed by atoms with E-state index in [2.05, 4.69) is 5.32 Å². The average Bonchev–Trinajstić information content (AvgIpc) is 2.45. The number of methoxy groups -OCH3 is 2. The van der Waals surface area contributed by atoms with Crippen LogP contribution >= 0.6 is 0 Å². The predicted octanol–water partition coefficient (Wildman–Crippen LogP) is 1.67. The Labute approximate surface area is 124 Å². The summed E-state index contributed by atoms with van der Waals surface area (Å²) >= 11 is 0. The van der Waals surface area contributed by atoms with Crippen LogP contribution in [-0.4, -0.2) is 50.2 Å². The highest BCUT2D eigenvalue weighted by Crippen LogP contribution is 2.30. The number of benzene rings is 1. The van der Waals surface area contributed by atoms with E-state index in [0.29, 0.717) is 18.8 Å². The van der Waals surface area contributed by atoms with Crippen molar-refractivity contribution in [3.05, 3.63) is 23.5 Å². The molecule has 1 aliphatic rings. The summed E-state index contributed by atoms with van der Waals surface area (Å²) in [7, 11) is 2.89. The van der Waals surface area contributed by atoms with Crippen molar-refractivity contribution in [3.8, 4) is 11.5 Å². The molecule has 2 atom stereocenters. The van der Waals surface area contributed by atoms with E-state index < -0.39 is 5.82 Å². The number of amides is 1. The van der Waals surface area contributed by atoms with Crippen molar-refractivity contribution in [2.24, 2.45) is 0 Å². The minimum absolute atomic E-state index is 0.00829. The first-order valence-electron chi connectivity index (χ1n) is 6.93. The molecule has 2 unspecified atom stereocenters. The third kappa shape index (κ3) is 3.26. The van der Waals surface area contributed by atoms with Crippen molar-refractivity contribution in [1.29, 1.82) is 0 Å². The molecule has 0 aromatic heterocycles. The molecule has 1 amide bonds. The summed E-state index contributed by atoms with van der Waals surface area (Å²) in [5, 5.41) is 3.34. The summed E-state index contributed by atoms with van der Waals surface area (Å²) in [4.78, 5) is 14.2. The van der Waals surface area contributed by atoms with Crippen LogP contribution in [0.2, 0.25) is 0 Å². The van der Waals surface area contributed by atoms with E-state index in [0.717, 1.165) is 0 Å². The summed E-state index contributed by atoms with van der Waals surface area (Å²) in [5.41, 5.74) is 0.00829. The highest BCUT2D eigenvalue weighted by Gasteiger charge is 2.28. The van der Waals surface area contributed by atoms with Crippen molar-refractivity contribution < 1.29 is 18.7 Å². The van der Waals surface area contributed by atoms with E-state index in [9.17, 15) is 9.18 Å². The number of piperazine rings is 1. The van der Waals surface area contributed by atoms with Crippen LogP contribution in [0.3, 0.4) is 0 Å². The van der Waals surface area contributed by atoms with Crippen LogP contribution in [0.1, 0.15) is 24.2 Å². The number of hydrogen-bond acceptors (Lipinski definition) is 4. The lowest BCUT2D eigenvalue weighted by molar-refractivity contribution is 0.0668. The van der Waals surface area contributed by atoms with Gasteiger partial charge in [0.2, 0.25) is 0 Å². The van der Waals surface area contributed by atoms with Crippen molar-refractivity contribution in [1.82, 2.24) is 10.2 Å². The Hall–Kier alpha value is -1.82. The second-order valence-corrected chi connectivity index (χ2v) is 5.37. The highest BCUT2D eigenvalue weighted by molar-refractivity contribution is 5.95. The molecule has 0 radical (unpaired) electrons. The standard InChI is InChI=1S/C15H21FN2O3/c1-9-7-18(8-10(2)17-9)15(19)11-5-13(20-3)14(21-4)6-12(11)16/h5-6,9-10,17H,7-8H2,1-4H3. The second kappa shape index (κ2) is 6.30. The van der Waals surface area contributed by atoms with Crippen LogP contribution < -0.4 is 14.8 Å². The van der Waals surface area contributed by atoms with Gasteiger partial charge in [0.25, 0.3) is 5.91 Å². The second-order valence-electron chi connectivity index (χ2n) is 5.37. The molecule has 1 aromatic carbocycles. The molecular formula is C15H21FN2O3. The lowest BCUT2D eigenvalue weighted by Crippen LogP contribution is -2.55. The molecular weight excluding hydrogens is 275 g/mol. The van der Waals surface area contributed by atoms with Crippen LogP contribution in [0.5, 0.6) is 11.5 Å². The van der Waals surface area contributed by atoms with Crippen LogP contribution in [0.4, 0.5) is 4.39 Å². The number of nitrogens with one attached hydrogen (secondary N) is 1. The highest BCUT2D eigenvalue weighted by atomic mass is 19.1. The number of rotatable bonds is 3. The molecule has 6 heteroatoms. The Morgan fingerprint density at radius 3 is 2.24 bits per heavy atom. The number of carbonyl (C=O) groups excluding carboxylic acids is 1. The summed E-state index contributed by atoms with van der Waals surface area (Å²) in [5.74, 6) is -0.308. The lowest BCUT2D eigenvalue weighted by Gasteiger charge is -2.36. The maximum atomic E-state index is 14.2. The molecule has 1 heterocycles. The van der Waals surface area contributed by atoms with Crippen molar-refractivity contribution in [2.75, 3.05) is 27.3 Å². The minimum atomic E-state index is -0.600. The van der Waals surface area contributed by atoms with Crippen molar-refractivity contribution in [2.45, 2.75) is 25.9 Å². The summed E-state index contributed by atoms with van der Waals surface area (Å²) in [6.07, 6.45) is 0. The van der Waals surface area contributed by atoms with Gasteiger partial charge in [-0.25, -0.2) is 4.39 Å². The molecule has 21 heavy (non-hydrogen) atoms. The Morgan fingerprint density at radius 1 is 1.19 bits per heavy atom. The fourth-order valence-corrected chi connectivity index (χ4v) is 2.68. The zero-order valence-electron chi connectivity index (χ0n) is 12.8.